The maximum Gasteiger partial charge on any atom is 0.314 e. The summed E-state index contributed by atoms with van der Waals surface area (Å²) in [5.41, 5.74) is 2.85. The van der Waals surface area contributed by atoms with Crippen molar-refractivity contribution in [3.63, 3.8) is 0 Å². The Morgan fingerprint density at radius 3 is 2.85 bits per heavy atom. The molecule has 0 saturated carbocycles. The molecular weight excluding hydrogens is 254 g/mol. The van der Waals surface area contributed by atoms with Gasteiger partial charge in [-0.1, -0.05) is 26.8 Å². The van der Waals surface area contributed by atoms with Gasteiger partial charge >= 0.3 is 6.03 Å². The zero-order valence-electron chi connectivity index (χ0n) is 12.2. The van der Waals surface area contributed by atoms with E-state index in [0.717, 1.165) is 23.1 Å². The normalized spacial score (nSPS) is 11.6. The van der Waals surface area contributed by atoms with Crippen LogP contribution >= 0.6 is 0 Å². The summed E-state index contributed by atoms with van der Waals surface area (Å²) in [5, 5.41) is 5.71. The lowest BCUT2D eigenvalue weighted by Gasteiger charge is -2.18. The van der Waals surface area contributed by atoms with Crippen LogP contribution in [0.15, 0.2) is 29.0 Å². The largest absolute Gasteiger partial charge is 0.443 e. The monoisotopic (exact) mass is 275 g/mol. The highest BCUT2D eigenvalue weighted by Crippen LogP contribution is 2.14. The second-order valence-corrected chi connectivity index (χ2v) is 6.07. The van der Waals surface area contributed by atoms with Crippen molar-refractivity contribution >= 4 is 17.1 Å². The van der Waals surface area contributed by atoms with Gasteiger partial charge in [0.25, 0.3) is 0 Å². The maximum atomic E-state index is 11.6. The standard InChI is InChI=1S/C15H21N3O2/c1-15(2,3)9-17-14(19)16-7-6-11-4-5-13-12(8-11)18-10-20-13/h4-5,8,10H,6-7,9H2,1-3H3,(H2,16,17,19). The van der Waals surface area contributed by atoms with E-state index in [-0.39, 0.29) is 11.4 Å². The maximum absolute atomic E-state index is 11.6. The molecule has 0 unspecified atom stereocenters. The molecule has 0 bridgehead atoms. The number of fused-ring (bicyclic) bond motifs is 1. The number of amides is 2. The minimum atomic E-state index is -0.123. The number of oxazole rings is 1. The van der Waals surface area contributed by atoms with Gasteiger partial charge in [-0.2, -0.15) is 0 Å². The van der Waals surface area contributed by atoms with Crippen molar-refractivity contribution in [2.45, 2.75) is 27.2 Å². The van der Waals surface area contributed by atoms with Gasteiger partial charge in [0.15, 0.2) is 12.0 Å². The van der Waals surface area contributed by atoms with Crippen LogP contribution in [0.5, 0.6) is 0 Å². The van der Waals surface area contributed by atoms with Crippen LogP contribution in [0.2, 0.25) is 0 Å². The van der Waals surface area contributed by atoms with E-state index in [1.54, 1.807) is 0 Å². The average molecular weight is 275 g/mol. The fourth-order valence-electron chi connectivity index (χ4n) is 1.79. The van der Waals surface area contributed by atoms with Gasteiger partial charge in [-0.15, -0.1) is 0 Å². The summed E-state index contributed by atoms with van der Waals surface area (Å²) < 4.78 is 5.19. The zero-order valence-corrected chi connectivity index (χ0v) is 12.2. The molecule has 0 aliphatic rings. The lowest BCUT2D eigenvalue weighted by atomic mass is 9.97. The first-order valence-electron chi connectivity index (χ1n) is 6.78. The van der Waals surface area contributed by atoms with Crippen molar-refractivity contribution in [1.82, 2.24) is 15.6 Å². The topological polar surface area (TPSA) is 67.2 Å². The van der Waals surface area contributed by atoms with Crippen molar-refractivity contribution in [3.05, 3.63) is 30.2 Å². The van der Waals surface area contributed by atoms with Crippen LogP contribution in [0.3, 0.4) is 0 Å². The van der Waals surface area contributed by atoms with Gasteiger partial charge in [0.2, 0.25) is 0 Å². The van der Waals surface area contributed by atoms with Gasteiger partial charge in [-0.3, -0.25) is 0 Å². The number of nitrogens with one attached hydrogen (secondary N) is 2. The number of aromatic nitrogens is 1. The van der Waals surface area contributed by atoms with Crippen molar-refractivity contribution in [3.8, 4) is 0 Å². The molecule has 20 heavy (non-hydrogen) atoms. The fraction of sp³-hybridized carbons (Fsp3) is 0.467. The molecule has 0 atom stereocenters. The molecule has 2 N–H and O–H groups in total. The van der Waals surface area contributed by atoms with Crippen molar-refractivity contribution in [2.75, 3.05) is 13.1 Å². The van der Waals surface area contributed by atoms with Gasteiger partial charge in [-0.05, 0) is 29.5 Å². The van der Waals surface area contributed by atoms with Gasteiger partial charge in [0, 0.05) is 13.1 Å². The number of carbonyl (C=O) groups excluding carboxylic acids is 1. The Hall–Kier alpha value is -2.04. The molecule has 2 aromatic rings. The van der Waals surface area contributed by atoms with Crippen molar-refractivity contribution in [2.24, 2.45) is 5.41 Å². The van der Waals surface area contributed by atoms with E-state index in [0.29, 0.717) is 13.1 Å². The van der Waals surface area contributed by atoms with Crippen LogP contribution in [-0.2, 0) is 6.42 Å². The number of urea groups is 1. The highest BCUT2D eigenvalue weighted by atomic mass is 16.3. The molecule has 0 spiro atoms. The molecule has 0 saturated heterocycles. The molecular formula is C15H21N3O2. The Bertz CT molecular complexity index is 584. The highest BCUT2D eigenvalue weighted by molar-refractivity contribution is 5.74. The van der Waals surface area contributed by atoms with E-state index < -0.39 is 0 Å². The molecule has 1 aromatic carbocycles. The van der Waals surface area contributed by atoms with E-state index in [1.807, 2.05) is 18.2 Å². The Morgan fingerprint density at radius 1 is 1.30 bits per heavy atom. The molecule has 0 aliphatic heterocycles. The molecule has 1 heterocycles. The summed E-state index contributed by atoms with van der Waals surface area (Å²) in [6, 6.07) is 5.75. The van der Waals surface area contributed by atoms with Gasteiger partial charge in [-0.25, -0.2) is 9.78 Å². The van der Waals surface area contributed by atoms with E-state index in [1.165, 1.54) is 6.39 Å². The van der Waals surface area contributed by atoms with E-state index >= 15 is 0 Å². The molecule has 5 nitrogen and oxygen atoms in total. The van der Waals surface area contributed by atoms with Gasteiger partial charge in [0.05, 0.1) is 0 Å². The van der Waals surface area contributed by atoms with Crippen molar-refractivity contribution in [1.29, 1.82) is 0 Å². The predicted molar refractivity (Wildman–Crippen MR) is 78.6 cm³/mol. The van der Waals surface area contributed by atoms with E-state index in [4.69, 9.17) is 4.42 Å². The predicted octanol–water partition coefficient (Wildman–Crippen LogP) is 2.72. The summed E-state index contributed by atoms with van der Waals surface area (Å²) >= 11 is 0. The van der Waals surface area contributed by atoms with Crippen LogP contribution in [0.1, 0.15) is 26.3 Å². The number of hydrogen-bond donors (Lipinski definition) is 2. The smallest absolute Gasteiger partial charge is 0.314 e. The van der Waals surface area contributed by atoms with E-state index in [2.05, 4.69) is 36.4 Å². The third-order valence-corrected chi connectivity index (χ3v) is 2.87. The third-order valence-electron chi connectivity index (χ3n) is 2.87. The molecule has 0 radical (unpaired) electrons. The lowest BCUT2D eigenvalue weighted by Crippen LogP contribution is -2.40. The summed E-state index contributed by atoms with van der Waals surface area (Å²) in [6.45, 7) is 7.50. The molecule has 0 aliphatic carbocycles. The Morgan fingerprint density at radius 2 is 2.10 bits per heavy atom. The minimum Gasteiger partial charge on any atom is -0.443 e. The molecule has 0 fully saturated rings. The summed E-state index contributed by atoms with van der Waals surface area (Å²) in [6.07, 6.45) is 2.21. The molecule has 1 aromatic heterocycles. The molecule has 2 amide bonds. The minimum absolute atomic E-state index is 0.0926. The van der Waals surface area contributed by atoms with Gasteiger partial charge in [0.1, 0.15) is 5.52 Å². The SMILES string of the molecule is CC(C)(C)CNC(=O)NCCc1ccc2ocnc2c1. The van der Waals surface area contributed by atoms with Gasteiger partial charge < -0.3 is 15.1 Å². The second kappa shape index (κ2) is 5.94. The first kappa shape index (κ1) is 14.4. The van der Waals surface area contributed by atoms with Crippen molar-refractivity contribution < 1.29 is 9.21 Å². The number of carbonyl (C=O) groups is 1. The van der Waals surface area contributed by atoms with Crippen LogP contribution in [-0.4, -0.2) is 24.1 Å². The average Bonchev–Trinajstić information content (AvgIpc) is 2.83. The molecule has 5 heteroatoms. The van der Waals surface area contributed by atoms with Crippen LogP contribution in [0.25, 0.3) is 11.1 Å². The quantitative estimate of drug-likeness (QED) is 0.901. The number of rotatable bonds is 4. The zero-order chi connectivity index (χ0) is 14.6. The summed E-state index contributed by atoms with van der Waals surface area (Å²) in [7, 11) is 0. The number of nitrogens with zero attached hydrogens (tertiary/aromatic N) is 1. The van der Waals surface area contributed by atoms with Crippen LogP contribution in [0, 0.1) is 5.41 Å². The lowest BCUT2D eigenvalue weighted by molar-refractivity contribution is 0.235. The van der Waals surface area contributed by atoms with Crippen LogP contribution < -0.4 is 10.6 Å². The highest BCUT2D eigenvalue weighted by Gasteiger charge is 2.11. The summed E-state index contributed by atoms with van der Waals surface area (Å²) in [4.78, 5) is 15.7. The third kappa shape index (κ3) is 4.26. The number of hydrogen-bond acceptors (Lipinski definition) is 3. The Labute approximate surface area is 118 Å². The molecule has 108 valence electrons. The second-order valence-electron chi connectivity index (χ2n) is 6.07. The number of benzene rings is 1. The first-order valence-corrected chi connectivity index (χ1v) is 6.78. The summed E-state index contributed by atoms with van der Waals surface area (Å²) in [5.74, 6) is 0. The Kier molecular flexibility index (Phi) is 4.27. The van der Waals surface area contributed by atoms with Crippen LogP contribution in [0.4, 0.5) is 4.79 Å². The first-order chi connectivity index (χ1) is 9.44. The van der Waals surface area contributed by atoms with E-state index in [9.17, 15) is 4.79 Å². The fourth-order valence-corrected chi connectivity index (χ4v) is 1.79. The molecule has 2 rings (SSSR count). The Balaban J connectivity index is 1.76.